The van der Waals surface area contributed by atoms with Crippen molar-refractivity contribution in [2.75, 3.05) is 5.32 Å². The Morgan fingerprint density at radius 3 is 2.85 bits per heavy atom. The normalized spacial score (nSPS) is 14.0. The van der Waals surface area contributed by atoms with Gasteiger partial charge in [0.1, 0.15) is 12.4 Å². The lowest BCUT2D eigenvalue weighted by molar-refractivity contribution is -0.117. The summed E-state index contributed by atoms with van der Waals surface area (Å²) in [4.78, 5) is 27.6. The topological polar surface area (TPSA) is 76.9 Å². The first-order valence-corrected chi connectivity index (χ1v) is 6.51. The zero-order chi connectivity index (χ0) is 13.9. The monoisotopic (exact) mass is 270 g/mol. The summed E-state index contributed by atoms with van der Waals surface area (Å²) in [7, 11) is 0. The molecule has 2 aromatic heterocycles. The second-order valence-corrected chi connectivity index (χ2v) is 4.79. The average molecular weight is 270 g/mol. The van der Waals surface area contributed by atoms with Crippen LogP contribution < -0.4 is 10.9 Å². The highest BCUT2D eigenvalue weighted by Gasteiger charge is 2.25. The fourth-order valence-electron chi connectivity index (χ4n) is 1.93. The van der Waals surface area contributed by atoms with Gasteiger partial charge in [0, 0.05) is 18.2 Å². The lowest BCUT2D eigenvalue weighted by Crippen LogP contribution is -2.29. The van der Waals surface area contributed by atoms with Crippen molar-refractivity contribution in [1.82, 2.24) is 14.8 Å². The van der Waals surface area contributed by atoms with Gasteiger partial charge in [0.25, 0.3) is 5.56 Å². The minimum atomic E-state index is -0.314. The number of nitrogens with one attached hydrogen (secondary N) is 1. The third-order valence-corrected chi connectivity index (χ3v) is 3.11. The highest BCUT2D eigenvalue weighted by Crippen LogP contribution is 2.38. The van der Waals surface area contributed by atoms with E-state index in [0.29, 0.717) is 11.7 Å². The van der Waals surface area contributed by atoms with E-state index in [1.54, 1.807) is 30.5 Å². The highest BCUT2D eigenvalue weighted by molar-refractivity contribution is 5.89. The largest absolute Gasteiger partial charge is 0.309 e. The van der Waals surface area contributed by atoms with Crippen molar-refractivity contribution in [3.8, 4) is 0 Å². The van der Waals surface area contributed by atoms with E-state index in [2.05, 4.69) is 15.4 Å². The van der Waals surface area contributed by atoms with Crippen molar-refractivity contribution in [3.63, 3.8) is 0 Å². The molecule has 6 heteroatoms. The van der Waals surface area contributed by atoms with Crippen LogP contribution in [0.5, 0.6) is 0 Å². The lowest BCUT2D eigenvalue weighted by Gasteiger charge is -2.07. The third kappa shape index (κ3) is 2.90. The summed E-state index contributed by atoms with van der Waals surface area (Å²) >= 11 is 0. The van der Waals surface area contributed by atoms with Crippen molar-refractivity contribution in [3.05, 3.63) is 52.6 Å². The molecule has 0 atom stereocenters. The molecule has 1 fully saturated rings. The molecule has 0 saturated heterocycles. The molecular weight excluding hydrogens is 256 g/mol. The molecule has 102 valence electrons. The van der Waals surface area contributed by atoms with Crippen LogP contribution in [0, 0.1) is 0 Å². The van der Waals surface area contributed by atoms with E-state index < -0.39 is 0 Å². The molecule has 0 aliphatic heterocycles. The first kappa shape index (κ1) is 12.5. The Bertz CT molecular complexity index is 677. The smallest absolute Gasteiger partial charge is 0.267 e. The second-order valence-electron chi connectivity index (χ2n) is 4.79. The molecule has 0 spiro atoms. The Morgan fingerprint density at radius 2 is 2.15 bits per heavy atom. The molecule has 1 aliphatic rings. The summed E-state index contributed by atoms with van der Waals surface area (Å²) in [5.41, 5.74) is 0.612. The van der Waals surface area contributed by atoms with E-state index in [0.717, 1.165) is 18.5 Å². The number of anilines is 1. The minimum Gasteiger partial charge on any atom is -0.309 e. The molecule has 3 rings (SSSR count). The number of carbonyl (C=O) groups excluding carboxylic acids is 1. The van der Waals surface area contributed by atoms with Gasteiger partial charge in [-0.2, -0.15) is 5.10 Å². The fourth-order valence-corrected chi connectivity index (χ4v) is 1.93. The number of hydrogen-bond donors (Lipinski definition) is 1. The van der Waals surface area contributed by atoms with Crippen LogP contribution in [0.4, 0.5) is 5.82 Å². The van der Waals surface area contributed by atoms with Crippen molar-refractivity contribution in [1.29, 1.82) is 0 Å². The van der Waals surface area contributed by atoms with Gasteiger partial charge in [-0.1, -0.05) is 6.07 Å². The van der Waals surface area contributed by atoms with Crippen LogP contribution in [0.2, 0.25) is 0 Å². The molecule has 1 saturated carbocycles. The maximum atomic E-state index is 11.9. The van der Waals surface area contributed by atoms with Gasteiger partial charge in [-0.05, 0) is 31.0 Å². The summed E-state index contributed by atoms with van der Waals surface area (Å²) in [5.74, 6) is 0.593. The summed E-state index contributed by atoms with van der Waals surface area (Å²) in [6.07, 6.45) is 3.80. The van der Waals surface area contributed by atoms with Crippen LogP contribution in [0.1, 0.15) is 24.5 Å². The number of nitrogens with zero attached hydrogens (tertiary/aromatic N) is 3. The zero-order valence-electron chi connectivity index (χ0n) is 10.8. The standard InChI is InChI=1S/C14H14N4O2/c19-13(16-12-3-1-2-8-15-12)9-18-14(20)7-6-11(17-18)10-4-5-10/h1-3,6-8,10H,4-5,9H2,(H,15,16,19). The van der Waals surface area contributed by atoms with Gasteiger partial charge in [-0.3, -0.25) is 9.59 Å². The molecule has 0 bridgehead atoms. The molecule has 0 aromatic carbocycles. The van der Waals surface area contributed by atoms with Crippen molar-refractivity contribution < 1.29 is 4.79 Å². The number of carbonyl (C=O) groups is 1. The predicted octanol–water partition coefficient (Wildman–Crippen LogP) is 1.15. The molecule has 2 heterocycles. The molecular formula is C14H14N4O2. The molecule has 20 heavy (non-hydrogen) atoms. The number of pyridine rings is 1. The second kappa shape index (κ2) is 5.24. The zero-order valence-corrected chi connectivity index (χ0v) is 10.8. The Morgan fingerprint density at radius 1 is 1.30 bits per heavy atom. The summed E-state index contributed by atoms with van der Waals surface area (Å²) in [6, 6.07) is 8.44. The van der Waals surface area contributed by atoms with Crippen LogP contribution in [-0.4, -0.2) is 20.7 Å². The van der Waals surface area contributed by atoms with E-state index in [-0.39, 0.29) is 18.0 Å². The quantitative estimate of drug-likeness (QED) is 0.904. The van der Waals surface area contributed by atoms with Gasteiger partial charge in [-0.25, -0.2) is 9.67 Å². The Kier molecular flexibility index (Phi) is 3.28. The van der Waals surface area contributed by atoms with E-state index >= 15 is 0 Å². The Labute approximate surface area is 115 Å². The van der Waals surface area contributed by atoms with E-state index in [1.165, 1.54) is 10.7 Å². The van der Waals surface area contributed by atoms with Crippen LogP contribution in [0.15, 0.2) is 41.3 Å². The van der Waals surface area contributed by atoms with Gasteiger partial charge in [0.2, 0.25) is 5.91 Å². The molecule has 1 N–H and O–H groups in total. The fraction of sp³-hybridized carbons (Fsp3) is 0.286. The maximum Gasteiger partial charge on any atom is 0.267 e. The van der Waals surface area contributed by atoms with Gasteiger partial charge in [0.15, 0.2) is 0 Å². The predicted molar refractivity (Wildman–Crippen MR) is 73.3 cm³/mol. The van der Waals surface area contributed by atoms with Crippen molar-refractivity contribution in [2.45, 2.75) is 25.3 Å². The van der Waals surface area contributed by atoms with Gasteiger partial charge in [0.05, 0.1) is 5.69 Å². The van der Waals surface area contributed by atoms with Gasteiger partial charge >= 0.3 is 0 Å². The van der Waals surface area contributed by atoms with E-state index in [1.807, 2.05) is 0 Å². The van der Waals surface area contributed by atoms with Crippen molar-refractivity contribution in [2.24, 2.45) is 0 Å². The SMILES string of the molecule is O=C(Cn1nc(C2CC2)ccc1=O)Nc1ccccn1. The van der Waals surface area contributed by atoms with Crippen molar-refractivity contribution >= 4 is 11.7 Å². The third-order valence-electron chi connectivity index (χ3n) is 3.11. The highest BCUT2D eigenvalue weighted by atomic mass is 16.2. The summed E-state index contributed by atoms with van der Waals surface area (Å²) < 4.78 is 1.20. The minimum absolute atomic E-state index is 0.101. The van der Waals surface area contributed by atoms with Gasteiger partial charge < -0.3 is 5.32 Å². The van der Waals surface area contributed by atoms with Crippen LogP contribution >= 0.6 is 0 Å². The molecule has 2 aromatic rings. The van der Waals surface area contributed by atoms with Gasteiger partial charge in [-0.15, -0.1) is 0 Å². The number of hydrogen-bond acceptors (Lipinski definition) is 4. The molecule has 6 nitrogen and oxygen atoms in total. The molecule has 1 aliphatic carbocycles. The number of amides is 1. The molecule has 0 radical (unpaired) electrons. The number of rotatable bonds is 4. The van der Waals surface area contributed by atoms with E-state index in [4.69, 9.17) is 0 Å². The van der Waals surface area contributed by atoms with Crippen LogP contribution in [0.3, 0.4) is 0 Å². The molecule has 0 unspecified atom stereocenters. The summed E-state index contributed by atoms with van der Waals surface area (Å²) in [6.45, 7) is -0.101. The average Bonchev–Trinajstić information content (AvgIpc) is 3.27. The number of aromatic nitrogens is 3. The lowest BCUT2D eigenvalue weighted by atomic mass is 10.3. The Balaban J connectivity index is 1.72. The first-order chi connectivity index (χ1) is 9.72. The molecule has 1 amide bonds. The van der Waals surface area contributed by atoms with E-state index in [9.17, 15) is 9.59 Å². The Hall–Kier alpha value is -2.50. The maximum absolute atomic E-state index is 11.9. The van der Waals surface area contributed by atoms with Crippen LogP contribution in [0.25, 0.3) is 0 Å². The first-order valence-electron chi connectivity index (χ1n) is 6.51. The van der Waals surface area contributed by atoms with Crippen LogP contribution in [-0.2, 0) is 11.3 Å². The summed E-state index contributed by atoms with van der Waals surface area (Å²) in [5, 5.41) is 6.87.